The molecule has 0 bridgehead atoms. The summed E-state index contributed by atoms with van der Waals surface area (Å²) in [6, 6.07) is 3.87. The molecule has 23 heavy (non-hydrogen) atoms. The van der Waals surface area contributed by atoms with Crippen LogP contribution in [0.4, 0.5) is 20.6 Å². The minimum atomic E-state index is -0.796. The van der Waals surface area contributed by atoms with E-state index in [2.05, 4.69) is 25.0 Å². The summed E-state index contributed by atoms with van der Waals surface area (Å²) in [7, 11) is 1.18. The Hall–Kier alpha value is -2.55. The number of anilines is 2. The first-order valence-electron chi connectivity index (χ1n) is 6.86. The molecule has 1 saturated carbocycles. The average molecular weight is 336 g/mol. The number of carbonyl (C=O) groups excluding carboxylic acids is 2. The van der Waals surface area contributed by atoms with Gasteiger partial charge in [0.05, 0.1) is 18.5 Å². The number of hydrogen-bond acceptors (Lipinski definition) is 6. The summed E-state index contributed by atoms with van der Waals surface area (Å²) in [4.78, 5) is 24.0. The predicted molar refractivity (Wildman–Crippen MR) is 82.3 cm³/mol. The van der Waals surface area contributed by atoms with Crippen LogP contribution in [0.5, 0.6) is 0 Å². The van der Waals surface area contributed by atoms with Gasteiger partial charge in [0.25, 0.3) is 5.91 Å². The molecule has 1 heterocycles. The van der Waals surface area contributed by atoms with E-state index in [1.54, 1.807) is 0 Å². The summed E-state index contributed by atoms with van der Waals surface area (Å²) >= 11 is 1.03. The topological polar surface area (TPSA) is 93.2 Å². The van der Waals surface area contributed by atoms with Crippen LogP contribution in [0.2, 0.25) is 0 Å². The number of nitrogens with zero attached hydrogens (tertiary/aromatic N) is 2. The van der Waals surface area contributed by atoms with E-state index in [1.165, 1.54) is 19.2 Å². The number of amides is 2. The highest BCUT2D eigenvalue weighted by molar-refractivity contribution is 7.08. The molecular formula is C14H13FN4O3S. The van der Waals surface area contributed by atoms with Crippen LogP contribution in [0.3, 0.4) is 0 Å². The highest BCUT2D eigenvalue weighted by Crippen LogP contribution is 2.41. The molecular weight excluding hydrogens is 323 g/mol. The Labute approximate surface area is 135 Å². The summed E-state index contributed by atoms with van der Waals surface area (Å²) in [6.45, 7) is 0. The number of aromatic nitrogens is 2. The van der Waals surface area contributed by atoms with Crippen molar-refractivity contribution in [3.8, 4) is 0 Å². The van der Waals surface area contributed by atoms with Crippen LogP contribution in [0.25, 0.3) is 0 Å². The highest BCUT2D eigenvalue weighted by Gasteiger charge is 2.31. The zero-order chi connectivity index (χ0) is 16.4. The van der Waals surface area contributed by atoms with Crippen molar-refractivity contribution in [2.24, 2.45) is 0 Å². The second kappa shape index (κ2) is 6.29. The van der Waals surface area contributed by atoms with Gasteiger partial charge < -0.3 is 10.1 Å². The lowest BCUT2D eigenvalue weighted by Gasteiger charge is -2.09. The van der Waals surface area contributed by atoms with Crippen LogP contribution in [0, 0.1) is 5.82 Å². The molecule has 7 nitrogen and oxygen atoms in total. The van der Waals surface area contributed by atoms with Gasteiger partial charge in [-0.15, -0.1) is 5.10 Å². The Morgan fingerprint density at radius 2 is 2.13 bits per heavy atom. The summed E-state index contributed by atoms with van der Waals surface area (Å²) in [6.07, 6.45) is 1.22. The number of ether oxygens (including phenoxy) is 1. The zero-order valence-electron chi connectivity index (χ0n) is 12.1. The van der Waals surface area contributed by atoms with E-state index in [0.717, 1.165) is 30.4 Å². The van der Waals surface area contributed by atoms with Gasteiger partial charge in [-0.3, -0.25) is 10.1 Å². The van der Waals surface area contributed by atoms with Gasteiger partial charge in [-0.05, 0) is 42.6 Å². The standard InChI is InChI=1S/C14H13FN4O3S/c1-22-14(21)17-10-6-8(4-5-9(10)15)16-13(20)12-11(7-2-3-7)18-19-23-12/h4-7H,2-3H2,1H3,(H,16,20)(H,17,21). The predicted octanol–water partition coefficient (Wildman–Crippen LogP) is 2.99. The summed E-state index contributed by atoms with van der Waals surface area (Å²) in [5, 5.41) is 8.89. The van der Waals surface area contributed by atoms with Gasteiger partial charge in [-0.2, -0.15) is 0 Å². The molecule has 1 aromatic heterocycles. The summed E-state index contributed by atoms with van der Waals surface area (Å²) in [5.74, 6) is -0.677. The molecule has 1 aromatic carbocycles. The molecule has 9 heteroatoms. The molecule has 0 aliphatic heterocycles. The van der Waals surface area contributed by atoms with Crippen molar-refractivity contribution in [1.82, 2.24) is 9.59 Å². The quantitative estimate of drug-likeness (QED) is 0.895. The van der Waals surface area contributed by atoms with E-state index in [-0.39, 0.29) is 11.6 Å². The summed E-state index contributed by atoms with van der Waals surface area (Å²) in [5.41, 5.74) is 0.972. The second-order valence-corrected chi connectivity index (χ2v) is 5.78. The fraction of sp³-hybridized carbons (Fsp3) is 0.286. The van der Waals surface area contributed by atoms with Crippen molar-refractivity contribution in [2.75, 3.05) is 17.7 Å². The maximum Gasteiger partial charge on any atom is 0.411 e. The maximum absolute atomic E-state index is 13.7. The van der Waals surface area contributed by atoms with E-state index in [1.807, 2.05) is 0 Å². The largest absolute Gasteiger partial charge is 0.453 e. The Kier molecular flexibility index (Phi) is 4.20. The van der Waals surface area contributed by atoms with Crippen LogP contribution in [0.15, 0.2) is 18.2 Å². The normalized spacial score (nSPS) is 13.5. The average Bonchev–Trinajstić information content (AvgIpc) is 3.27. The first-order valence-corrected chi connectivity index (χ1v) is 7.64. The van der Waals surface area contributed by atoms with Gasteiger partial charge in [0, 0.05) is 11.6 Å². The van der Waals surface area contributed by atoms with Gasteiger partial charge in [0.2, 0.25) is 0 Å². The first-order chi connectivity index (χ1) is 11.1. The molecule has 120 valence electrons. The van der Waals surface area contributed by atoms with Gasteiger partial charge >= 0.3 is 6.09 Å². The van der Waals surface area contributed by atoms with Gasteiger partial charge in [-0.1, -0.05) is 4.49 Å². The van der Waals surface area contributed by atoms with Crippen LogP contribution < -0.4 is 10.6 Å². The number of rotatable bonds is 4. The van der Waals surface area contributed by atoms with Gasteiger partial charge in [0.15, 0.2) is 0 Å². The number of methoxy groups -OCH3 is 1. The number of benzene rings is 1. The van der Waals surface area contributed by atoms with E-state index >= 15 is 0 Å². The van der Waals surface area contributed by atoms with Crippen molar-refractivity contribution in [3.63, 3.8) is 0 Å². The number of halogens is 1. The maximum atomic E-state index is 13.7. The third-order valence-electron chi connectivity index (χ3n) is 3.33. The van der Waals surface area contributed by atoms with Crippen LogP contribution in [-0.4, -0.2) is 28.7 Å². The number of hydrogen-bond donors (Lipinski definition) is 2. The number of carbonyl (C=O) groups is 2. The molecule has 2 amide bonds. The Bertz CT molecular complexity index is 760. The molecule has 0 atom stereocenters. The molecule has 1 fully saturated rings. The monoisotopic (exact) mass is 336 g/mol. The highest BCUT2D eigenvalue weighted by atomic mass is 32.1. The molecule has 2 N–H and O–H groups in total. The van der Waals surface area contributed by atoms with Crippen LogP contribution >= 0.6 is 11.5 Å². The molecule has 3 rings (SSSR count). The minimum Gasteiger partial charge on any atom is -0.453 e. The van der Waals surface area contributed by atoms with Crippen molar-refractivity contribution in [2.45, 2.75) is 18.8 Å². The Morgan fingerprint density at radius 1 is 1.35 bits per heavy atom. The van der Waals surface area contributed by atoms with E-state index < -0.39 is 11.9 Å². The van der Waals surface area contributed by atoms with Crippen LogP contribution in [-0.2, 0) is 4.74 Å². The van der Waals surface area contributed by atoms with Gasteiger partial charge in [0.1, 0.15) is 10.7 Å². The first kappa shape index (κ1) is 15.3. The smallest absolute Gasteiger partial charge is 0.411 e. The fourth-order valence-electron chi connectivity index (χ4n) is 2.03. The van der Waals surface area contributed by atoms with E-state index in [9.17, 15) is 14.0 Å². The Morgan fingerprint density at radius 3 is 2.83 bits per heavy atom. The van der Waals surface area contributed by atoms with Crippen molar-refractivity contribution in [1.29, 1.82) is 0 Å². The van der Waals surface area contributed by atoms with Crippen molar-refractivity contribution >= 4 is 34.9 Å². The molecule has 0 spiro atoms. The third kappa shape index (κ3) is 3.45. The molecule has 2 aromatic rings. The minimum absolute atomic E-state index is 0.0838. The molecule has 1 aliphatic rings. The zero-order valence-corrected chi connectivity index (χ0v) is 12.9. The van der Waals surface area contributed by atoms with E-state index in [0.29, 0.717) is 22.2 Å². The molecule has 0 radical (unpaired) electrons. The number of nitrogens with one attached hydrogen (secondary N) is 2. The lowest BCUT2D eigenvalue weighted by atomic mass is 10.2. The van der Waals surface area contributed by atoms with Crippen molar-refractivity contribution < 1.29 is 18.7 Å². The van der Waals surface area contributed by atoms with Crippen molar-refractivity contribution in [3.05, 3.63) is 34.6 Å². The van der Waals surface area contributed by atoms with E-state index in [4.69, 9.17) is 0 Å². The lowest BCUT2D eigenvalue weighted by Crippen LogP contribution is -2.14. The van der Waals surface area contributed by atoms with Crippen LogP contribution in [0.1, 0.15) is 34.1 Å². The van der Waals surface area contributed by atoms with Gasteiger partial charge in [-0.25, -0.2) is 9.18 Å². The fourth-order valence-corrected chi connectivity index (χ4v) is 2.67. The third-order valence-corrected chi connectivity index (χ3v) is 4.07. The molecule has 0 saturated heterocycles. The SMILES string of the molecule is COC(=O)Nc1cc(NC(=O)c2snnc2C2CC2)ccc1F. The molecule has 0 unspecified atom stereocenters. The lowest BCUT2D eigenvalue weighted by molar-refractivity contribution is 0.102. The summed E-state index contributed by atoms with van der Waals surface area (Å²) < 4.78 is 21.9. The molecule has 1 aliphatic carbocycles. The second-order valence-electron chi connectivity index (χ2n) is 5.03. The Balaban J connectivity index is 1.76.